The molecule has 0 saturated heterocycles. The van der Waals surface area contributed by atoms with Gasteiger partial charge in [-0.05, 0) is 120 Å². The van der Waals surface area contributed by atoms with Crippen LogP contribution in [0.4, 0.5) is 0 Å². The Hall–Kier alpha value is -6.77. The van der Waals surface area contributed by atoms with Gasteiger partial charge in [-0.3, -0.25) is 4.57 Å². The number of imidazole rings is 1. The summed E-state index contributed by atoms with van der Waals surface area (Å²) in [6, 6.07) is 63.9. The zero-order valence-corrected chi connectivity index (χ0v) is 30.0. The van der Waals surface area contributed by atoms with E-state index in [1.165, 1.54) is 76.9 Å². The van der Waals surface area contributed by atoms with E-state index in [0.717, 1.165) is 34.5 Å². The van der Waals surface area contributed by atoms with Crippen molar-refractivity contribution in [3.63, 3.8) is 0 Å². The summed E-state index contributed by atoms with van der Waals surface area (Å²) in [6.45, 7) is 2.42. The van der Waals surface area contributed by atoms with Gasteiger partial charge in [0.2, 0.25) is 0 Å². The zero-order valence-electron chi connectivity index (χ0n) is 30.0. The molecule has 0 radical (unpaired) electrons. The topological polar surface area (TPSA) is 17.8 Å². The standard InChI is InChI=1S/C52H36N2/c1-33-28-29-42-39(36-20-15-21-37(32-36)52-53-44-26-13-14-27-45(44)54(52)38-22-9-4-10-23-38)30-31-43-49(42)46(33)51-48(35-18-7-3-8-19-35)41-25-12-11-24-40(41)47(50(43)51)34-16-5-2-6-17-34/h2-27,29-33H,28H2,1H3. The minimum Gasteiger partial charge on any atom is -0.292 e. The smallest absolute Gasteiger partial charge is 0.145 e. The summed E-state index contributed by atoms with van der Waals surface area (Å²) in [5.41, 5.74) is 17.5. The van der Waals surface area contributed by atoms with Crippen LogP contribution < -0.4 is 10.4 Å². The molecule has 0 fully saturated rings. The fraction of sp³-hybridized carbons (Fsp3) is 0.0577. The summed E-state index contributed by atoms with van der Waals surface area (Å²) in [5, 5.41) is 5.34. The molecule has 11 rings (SSSR count). The van der Waals surface area contributed by atoms with Gasteiger partial charge in [-0.15, -0.1) is 0 Å². The van der Waals surface area contributed by atoms with Gasteiger partial charge in [0.1, 0.15) is 5.82 Å². The second-order valence-electron chi connectivity index (χ2n) is 14.7. The van der Waals surface area contributed by atoms with Crippen LogP contribution in [0.5, 0.6) is 0 Å². The Morgan fingerprint density at radius 1 is 0.500 bits per heavy atom. The molecule has 2 nitrogen and oxygen atoms in total. The second kappa shape index (κ2) is 12.1. The Bertz CT molecular complexity index is 3060. The molecular weight excluding hydrogens is 653 g/mol. The molecule has 0 aliphatic heterocycles. The number of hydrogen-bond acceptors (Lipinski definition) is 1. The lowest BCUT2D eigenvalue weighted by Crippen LogP contribution is -2.33. The van der Waals surface area contributed by atoms with Gasteiger partial charge < -0.3 is 0 Å². The molecule has 2 heteroatoms. The van der Waals surface area contributed by atoms with Crippen molar-refractivity contribution < 1.29 is 0 Å². The van der Waals surface area contributed by atoms with Crippen LogP contribution in [0.25, 0.3) is 95.0 Å². The number of para-hydroxylation sites is 3. The lowest BCUT2D eigenvalue weighted by molar-refractivity contribution is 0.778. The van der Waals surface area contributed by atoms with Gasteiger partial charge in [0.15, 0.2) is 0 Å². The molecule has 1 atom stereocenters. The summed E-state index contributed by atoms with van der Waals surface area (Å²) in [5.74, 6) is 1.32. The van der Waals surface area contributed by atoms with Crippen molar-refractivity contribution in [1.29, 1.82) is 0 Å². The van der Waals surface area contributed by atoms with Gasteiger partial charge in [-0.25, -0.2) is 4.98 Å². The van der Waals surface area contributed by atoms with Crippen molar-refractivity contribution in [3.8, 4) is 61.6 Å². The van der Waals surface area contributed by atoms with Crippen molar-refractivity contribution in [2.45, 2.75) is 13.3 Å². The lowest BCUT2D eigenvalue weighted by atomic mass is 9.79. The molecular formula is C52H36N2. The number of aromatic nitrogens is 2. The van der Waals surface area contributed by atoms with Crippen molar-refractivity contribution in [2.75, 3.05) is 0 Å². The second-order valence-corrected chi connectivity index (χ2v) is 14.7. The van der Waals surface area contributed by atoms with Crippen molar-refractivity contribution in [3.05, 3.63) is 192 Å². The molecule has 0 amide bonds. The Morgan fingerprint density at radius 3 is 1.80 bits per heavy atom. The predicted molar refractivity (Wildman–Crippen MR) is 226 cm³/mol. The van der Waals surface area contributed by atoms with E-state index in [1.807, 2.05) is 0 Å². The highest BCUT2D eigenvalue weighted by atomic mass is 15.1. The first-order valence-corrected chi connectivity index (χ1v) is 19.0. The highest BCUT2D eigenvalue weighted by Gasteiger charge is 2.34. The van der Waals surface area contributed by atoms with Gasteiger partial charge in [0.05, 0.1) is 11.0 Å². The van der Waals surface area contributed by atoms with Gasteiger partial charge in [-0.2, -0.15) is 0 Å². The molecule has 9 aromatic rings. The molecule has 0 spiro atoms. The molecule has 0 bridgehead atoms. The monoisotopic (exact) mass is 688 g/mol. The van der Waals surface area contributed by atoms with Crippen LogP contribution in [0.15, 0.2) is 176 Å². The Kier molecular flexibility index (Phi) is 6.93. The fourth-order valence-corrected chi connectivity index (χ4v) is 9.28. The van der Waals surface area contributed by atoms with E-state index in [2.05, 4.69) is 193 Å². The molecule has 1 aromatic heterocycles. The van der Waals surface area contributed by atoms with Gasteiger partial charge >= 0.3 is 0 Å². The first-order valence-electron chi connectivity index (χ1n) is 19.0. The van der Waals surface area contributed by atoms with Crippen LogP contribution in [0.1, 0.15) is 18.9 Å². The molecule has 0 saturated carbocycles. The van der Waals surface area contributed by atoms with Gasteiger partial charge in [-0.1, -0.05) is 159 Å². The Labute approximate surface area is 314 Å². The summed E-state index contributed by atoms with van der Waals surface area (Å²) >= 11 is 0. The summed E-state index contributed by atoms with van der Waals surface area (Å²) < 4.78 is 2.29. The maximum Gasteiger partial charge on any atom is 0.145 e. The van der Waals surface area contributed by atoms with E-state index in [9.17, 15) is 0 Å². The largest absolute Gasteiger partial charge is 0.292 e. The lowest BCUT2D eigenvalue weighted by Gasteiger charge is -2.24. The quantitative estimate of drug-likeness (QED) is 0.176. The number of nitrogens with zero attached hydrogens (tertiary/aromatic N) is 2. The van der Waals surface area contributed by atoms with E-state index in [1.54, 1.807) is 0 Å². The number of hydrogen-bond donors (Lipinski definition) is 0. The SMILES string of the molecule is CC1CC=c2c(-c3cccc(-c4nc5ccccc5n4-c4ccccc4)c3)ccc3c2=C1c1c-3c(-c2ccccc2)c2ccccc2c1-c1ccccc1. The van der Waals surface area contributed by atoms with E-state index in [4.69, 9.17) is 4.98 Å². The molecule has 0 N–H and O–H groups in total. The summed E-state index contributed by atoms with van der Waals surface area (Å²) in [6.07, 6.45) is 3.49. The van der Waals surface area contributed by atoms with E-state index in [-0.39, 0.29) is 0 Å². The average molecular weight is 689 g/mol. The minimum atomic E-state index is 0.372. The first kappa shape index (κ1) is 30.8. The first-order chi connectivity index (χ1) is 26.7. The molecule has 1 unspecified atom stereocenters. The van der Waals surface area contributed by atoms with E-state index >= 15 is 0 Å². The number of rotatable bonds is 5. The summed E-state index contributed by atoms with van der Waals surface area (Å²) in [4.78, 5) is 5.21. The van der Waals surface area contributed by atoms with Crippen LogP contribution in [-0.4, -0.2) is 9.55 Å². The predicted octanol–water partition coefficient (Wildman–Crippen LogP) is 11.8. The van der Waals surface area contributed by atoms with Crippen LogP contribution in [0, 0.1) is 5.92 Å². The molecule has 2 aliphatic rings. The normalized spacial score (nSPS) is 14.2. The third-order valence-corrected chi connectivity index (χ3v) is 11.6. The maximum atomic E-state index is 5.21. The zero-order chi connectivity index (χ0) is 35.8. The number of fused-ring (bicyclic) bond motifs is 5. The molecule has 1 heterocycles. The third-order valence-electron chi connectivity index (χ3n) is 11.6. The van der Waals surface area contributed by atoms with Gasteiger partial charge in [0, 0.05) is 11.3 Å². The van der Waals surface area contributed by atoms with E-state index in [0.29, 0.717) is 5.92 Å². The van der Waals surface area contributed by atoms with Gasteiger partial charge in [0.25, 0.3) is 0 Å². The molecule has 54 heavy (non-hydrogen) atoms. The van der Waals surface area contributed by atoms with Crippen molar-refractivity contribution in [2.24, 2.45) is 5.92 Å². The maximum absolute atomic E-state index is 5.21. The number of benzene rings is 8. The third kappa shape index (κ3) is 4.56. The minimum absolute atomic E-state index is 0.372. The van der Waals surface area contributed by atoms with Crippen LogP contribution in [0.2, 0.25) is 0 Å². The molecule has 254 valence electrons. The van der Waals surface area contributed by atoms with Crippen LogP contribution >= 0.6 is 0 Å². The van der Waals surface area contributed by atoms with E-state index < -0.39 is 0 Å². The fourth-order valence-electron chi connectivity index (χ4n) is 9.28. The molecule has 8 aromatic carbocycles. The Morgan fingerprint density at radius 2 is 1.07 bits per heavy atom. The molecule has 2 aliphatic carbocycles. The van der Waals surface area contributed by atoms with Crippen molar-refractivity contribution in [1.82, 2.24) is 9.55 Å². The van der Waals surface area contributed by atoms with Crippen LogP contribution in [0.3, 0.4) is 0 Å². The summed E-state index contributed by atoms with van der Waals surface area (Å²) in [7, 11) is 0. The highest BCUT2D eigenvalue weighted by molar-refractivity contribution is 6.18. The van der Waals surface area contributed by atoms with Crippen molar-refractivity contribution >= 4 is 33.5 Å². The average Bonchev–Trinajstić information content (AvgIpc) is 3.80. The highest BCUT2D eigenvalue weighted by Crippen LogP contribution is 2.52. The Balaban J connectivity index is 1.19. The van der Waals surface area contributed by atoms with Crippen LogP contribution in [-0.2, 0) is 0 Å².